The van der Waals surface area contributed by atoms with E-state index in [1.807, 2.05) is 19.1 Å². The summed E-state index contributed by atoms with van der Waals surface area (Å²) >= 11 is 6.05. The second kappa shape index (κ2) is 5.81. The minimum absolute atomic E-state index is 0.0586. The summed E-state index contributed by atoms with van der Waals surface area (Å²) in [5.74, 6) is 0. The Hall–Kier alpha value is -0.930. The van der Waals surface area contributed by atoms with Crippen molar-refractivity contribution in [2.24, 2.45) is 5.41 Å². The number of benzene rings is 1. The van der Waals surface area contributed by atoms with Crippen molar-refractivity contribution >= 4 is 23.0 Å². The number of nitrogens with two attached hydrogens (primary N) is 1. The van der Waals surface area contributed by atoms with Gasteiger partial charge in [-0.15, -0.1) is 0 Å². The van der Waals surface area contributed by atoms with Crippen LogP contribution in [0.5, 0.6) is 0 Å². The van der Waals surface area contributed by atoms with Crippen LogP contribution < -0.4 is 11.1 Å². The Morgan fingerprint density at radius 2 is 2.00 bits per heavy atom. The number of hydrogen-bond acceptors (Lipinski definition) is 3. The second-order valence-electron chi connectivity index (χ2n) is 5.76. The zero-order chi connectivity index (χ0) is 13.9. The molecule has 18 heavy (non-hydrogen) atoms. The Labute approximate surface area is 114 Å². The number of aliphatic hydroxyl groups is 1. The van der Waals surface area contributed by atoms with E-state index in [2.05, 4.69) is 26.1 Å². The molecule has 1 aromatic rings. The number of nitrogens with one attached hydrogen (secondary N) is 1. The third kappa shape index (κ3) is 3.79. The topological polar surface area (TPSA) is 58.3 Å². The number of rotatable bonds is 4. The molecule has 0 aliphatic carbocycles. The van der Waals surface area contributed by atoms with Crippen molar-refractivity contribution in [3.63, 3.8) is 0 Å². The van der Waals surface area contributed by atoms with Crippen molar-refractivity contribution in [3.8, 4) is 0 Å². The molecule has 1 aromatic carbocycles. The lowest BCUT2D eigenvalue weighted by Crippen LogP contribution is -2.35. The third-order valence-electron chi connectivity index (χ3n) is 3.14. The van der Waals surface area contributed by atoms with Gasteiger partial charge in [-0.2, -0.15) is 0 Å². The normalized spacial score (nSPS) is 13.4. The van der Waals surface area contributed by atoms with E-state index in [1.165, 1.54) is 0 Å². The number of hydrogen-bond donors (Lipinski definition) is 3. The predicted molar refractivity (Wildman–Crippen MR) is 79.2 cm³/mol. The van der Waals surface area contributed by atoms with Crippen LogP contribution in [-0.2, 0) is 0 Å². The minimum atomic E-state index is 0.0586. The Morgan fingerprint density at radius 1 is 1.39 bits per heavy atom. The lowest BCUT2D eigenvalue weighted by molar-refractivity contribution is 0.235. The summed E-state index contributed by atoms with van der Waals surface area (Å²) in [4.78, 5) is 0. The van der Waals surface area contributed by atoms with Crippen molar-refractivity contribution < 1.29 is 5.11 Å². The number of aliphatic hydroxyl groups excluding tert-OH is 1. The first-order valence-corrected chi connectivity index (χ1v) is 6.56. The highest BCUT2D eigenvalue weighted by Gasteiger charge is 2.24. The van der Waals surface area contributed by atoms with Gasteiger partial charge in [0.25, 0.3) is 0 Å². The molecule has 0 radical (unpaired) electrons. The van der Waals surface area contributed by atoms with Crippen molar-refractivity contribution in [2.45, 2.75) is 40.2 Å². The first-order valence-electron chi connectivity index (χ1n) is 6.18. The molecule has 0 aliphatic rings. The molecule has 0 bridgehead atoms. The van der Waals surface area contributed by atoms with E-state index >= 15 is 0 Å². The molecule has 4 heteroatoms. The van der Waals surface area contributed by atoms with Crippen LogP contribution in [0.3, 0.4) is 0 Å². The monoisotopic (exact) mass is 270 g/mol. The van der Waals surface area contributed by atoms with E-state index in [4.69, 9.17) is 22.4 Å². The van der Waals surface area contributed by atoms with Crippen LogP contribution >= 0.6 is 11.6 Å². The molecular weight excluding hydrogens is 248 g/mol. The van der Waals surface area contributed by atoms with Crippen LogP contribution in [0.1, 0.15) is 32.8 Å². The van der Waals surface area contributed by atoms with Crippen LogP contribution in [0.4, 0.5) is 11.4 Å². The summed E-state index contributed by atoms with van der Waals surface area (Å²) in [7, 11) is 0. The number of nitrogen functional groups attached to an aromatic ring is 1. The summed E-state index contributed by atoms with van der Waals surface area (Å²) in [5, 5.41) is 13.2. The molecular formula is C14H23ClN2O. The number of halogens is 1. The van der Waals surface area contributed by atoms with Gasteiger partial charge >= 0.3 is 0 Å². The van der Waals surface area contributed by atoms with Crippen LogP contribution in [0.15, 0.2) is 12.1 Å². The smallest absolute Gasteiger partial charge is 0.0656 e. The molecule has 1 atom stereocenters. The molecule has 1 unspecified atom stereocenters. The zero-order valence-corrected chi connectivity index (χ0v) is 12.3. The first kappa shape index (κ1) is 15.1. The van der Waals surface area contributed by atoms with Crippen LogP contribution in [0.2, 0.25) is 5.02 Å². The Kier molecular flexibility index (Phi) is 4.88. The summed E-state index contributed by atoms with van der Waals surface area (Å²) in [6, 6.07) is 3.90. The average Bonchev–Trinajstić information content (AvgIpc) is 2.23. The van der Waals surface area contributed by atoms with Gasteiger partial charge in [-0.05, 0) is 36.5 Å². The Bertz CT molecular complexity index is 413. The highest BCUT2D eigenvalue weighted by Crippen LogP contribution is 2.31. The molecule has 0 saturated heterocycles. The fraction of sp³-hybridized carbons (Fsp3) is 0.571. The standard InChI is InChI=1S/C14H23ClN2O/c1-9-7-11(16)10(15)8-12(9)17-13(5-6-18)14(2,3)4/h7-8,13,17-18H,5-6,16H2,1-4H3. The van der Waals surface area contributed by atoms with E-state index < -0.39 is 0 Å². The number of aryl methyl sites for hydroxylation is 1. The molecule has 4 N–H and O–H groups in total. The molecule has 0 aromatic heterocycles. The summed E-state index contributed by atoms with van der Waals surface area (Å²) < 4.78 is 0. The quantitative estimate of drug-likeness (QED) is 0.735. The minimum Gasteiger partial charge on any atom is -0.398 e. The summed E-state index contributed by atoms with van der Waals surface area (Å²) in [5.41, 5.74) is 8.45. The lowest BCUT2D eigenvalue weighted by Gasteiger charge is -2.32. The average molecular weight is 271 g/mol. The van der Waals surface area contributed by atoms with E-state index in [9.17, 15) is 0 Å². The van der Waals surface area contributed by atoms with Crippen LogP contribution in [0.25, 0.3) is 0 Å². The van der Waals surface area contributed by atoms with Crippen molar-refractivity contribution in [1.82, 2.24) is 0 Å². The Morgan fingerprint density at radius 3 is 2.50 bits per heavy atom. The third-order valence-corrected chi connectivity index (χ3v) is 3.46. The van der Waals surface area contributed by atoms with E-state index in [1.54, 1.807) is 0 Å². The maximum atomic E-state index is 9.16. The number of anilines is 2. The van der Waals surface area contributed by atoms with Gasteiger partial charge in [0, 0.05) is 18.3 Å². The maximum absolute atomic E-state index is 9.16. The van der Waals surface area contributed by atoms with Crippen LogP contribution in [0, 0.1) is 12.3 Å². The fourth-order valence-corrected chi connectivity index (χ4v) is 2.06. The zero-order valence-electron chi connectivity index (χ0n) is 11.5. The van der Waals surface area contributed by atoms with Gasteiger partial charge in [-0.3, -0.25) is 0 Å². The lowest BCUT2D eigenvalue weighted by atomic mass is 9.84. The summed E-state index contributed by atoms with van der Waals surface area (Å²) in [6.45, 7) is 8.60. The van der Waals surface area contributed by atoms with Gasteiger partial charge in [0.15, 0.2) is 0 Å². The molecule has 0 saturated carbocycles. The highest BCUT2D eigenvalue weighted by molar-refractivity contribution is 6.33. The molecule has 0 heterocycles. The summed E-state index contributed by atoms with van der Waals surface area (Å²) in [6.07, 6.45) is 0.699. The van der Waals surface area contributed by atoms with Gasteiger partial charge in [-0.1, -0.05) is 32.4 Å². The van der Waals surface area contributed by atoms with E-state index in [0.717, 1.165) is 11.3 Å². The molecule has 0 aliphatic heterocycles. The largest absolute Gasteiger partial charge is 0.398 e. The fourth-order valence-electron chi connectivity index (χ4n) is 1.90. The maximum Gasteiger partial charge on any atom is 0.0656 e. The van der Waals surface area contributed by atoms with Crippen LogP contribution in [-0.4, -0.2) is 17.8 Å². The first-order chi connectivity index (χ1) is 8.25. The van der Waals surface area contributed by atoms with Crippen molar-refractivity contribution in [2.75, 3.05) is 17.7 Å². The molecule has 0 amide bonds. The second-order valence-corrected chi connectivity index (χ2v) is 6.17. The predicted octanol–water partition coefficient (Wildman–Crippen LogP) is 3.44. The van der Waals surface area contributed by atoms with Gasteiger partial charge < -0.3 is 16.2 Å². The van der Waals surface area contributed by atoms with E-state index in [0.29, 0.717) is 17.1 Å². The molecule has 0 spiro atoms. The van der Waals surface area contributed by atoms with Crippen molar-refractivity contribution in [3.05, 3.63) is 22.7 Å². The van der Waals surface area contributed by atoms with E-state index in [-0.39, 0.29) is 18.1 Å². The van der Waals surface area contributed by atoms with Gasteiger partial charge in [0.05, 0.1) is 10.7 Å². The molecule has 102 valence electrons. The van der Waals surface area contributed by atoms with Crippen molar-refractivity contribution in [1.29, 1.82) is 0 Å². The molecule has 1 rings (SSSR count). The molecule has 3 nitrogen and oxygen atoms in total. The van der Waals surface area contributed by atoms with Gasteiger partial charge in [-0.25, -0.2) is 0 Å². The Balaban J connectivity index is 2.97. The molecule has 0 fully saturated rings. The van der Waals surface area contributed by atoms with Gasteiger partial charge in [0.2, 0.25) is 0 Å². The van der Waals surface area contributed by atoms with Gasteiger partial charge in [0.1, 0.15) is 0 Å². The SMILES string of the molecule is Cc1cc(N)c(Cl)cc1NC(CCO)C(C)(C)C. The highest BCUT2D eigenvalue weighted by atomic mass is 35.5.